The zero-order valence-electron chi connectivity index (χ0n) is 7.88. The summed E-state index contributed by atoms with van der Waals surface area (Å²) >= 11 is 15.9. The van der Waals surface area contributed by atoms with Gasteiger partial charge in [-0.25, -0.2) is 4.39 Å². The van der Waals surface area contributed by atoms with E-state index in [9.17, 15) is 4.39 Å². The highest BCUT2D eigenvalue weighted by molar-refractivity contribution is 14.1. The van der Waals surface area contributed by atoms with Crippen molar-refractivity contribution in [3.63, 3.8) is 0 Å². The molecule has 0 nitrogen and oxygen atoms in total. The number of thiophene rings is 1. The molecule has 0 N–H and O–H groups in total. The Bertz CT molecular complexity index is 512. The Morgan fingerprint density at radius 2 is 2.06 bits per heavy atom. The highest BCUT2D eigenvalue weighted by Crippen LogP contribution is 2.39. The summed E-state index contributed by atoms with van der Waals surface area (Å²) in [5.74, 6) is -0.255. The van der Waals surface area contributed by atoms with Crippen molar-refractivity contribution in [1.82, 2.24) is 0 Å². The van der Waals surface area contributed by atoms with Gasteiger partial charge in [0.1, 0.15) is 5.82 Å². The van der Waals surface area contributed by atoms with Crippen LogP contribution in [0.1, 0.15) is 15.8 Å². The van der Waals surface area contributed by atoms with Crippen LogP contribution in [0.25, 0.3) is 0 Å². The van der Waals surface area contributed by atoms with Gasteiger partial charge in [0.2, 0.25) is 0 Å². The molecular weight excluding hydrogens is 381 g/mol. The van der Waals surface area contributed by atoms with Gasteiger partial charge in [0, 0.05) is 8.45 Å². The van der Waals surface area contributed by atoms with E-state index in [0.717, 1.165) is 14.0 Å². The molecule has 0 amide bonds. The van der Waals surface area contributed by atoms with Crippen molar-refractivity contribution in [2.24, 2.45) is 0 Å². The SMILES string of the molecule is Fc1ccc(C(Cl)c2sccc2Cl)c(I)c1. The summed E-state index contributed by atoms with van der Waals surface area (Å²) in [6.07, 6.45) is 0. The quantitative estimate of drug-likeness (QED) is 0.474. The Morgan fingerprint density at radius 3 is 2.62 bits per heavy atom. The smallest absolute Gasteiger partial charge is 0.124 e. The van der Waals surface area contributed by atoms with Gasteiger partial charge in [-0.3, -0.25) is 0 Å². The number of halogens is 4. The monoisotopic (exact) mass is 386 g/mol. The van der Waals surface area contributed by atoms with Crippen LogP contribution in [-0.4, -0.2) is 0 Å². The van der Waals surface area contributed by atoms with E-state index in [0.29, 0.717) is 5.02 Å². The van der Waals surface area contributed by atoms with E-state index in [-0.39, 0.29) is 11.2 Å². The van der Waals surface area contributed by atoms with E-state index in [1.165, 1.54) is 23.5 Å². The molecule has 5 heteroatoms. The topological polar surface area (TPSA) is 0 Å². The lowest BCUT2D eigenvalue weighted by Crippen LogP contribution is -1.95. The molecular formula is C11H6Cl2FIS. The standard InChI is InChI=1S/C11H6Cl2FIS/c12-8-3-4-16-11(8)10(13)7-2-1-6(14)5-9(7)15/h1-5,10H. The minimum atomic E-state index is -0.319. The molecule has 84 valence electrons. The van der Waals surface area contributed by atoms with Crippen LogP contribution in [0.15, 0.2) is 29.6 Å². The van der Waals surface area contributed by atoms with E-state index in [4.69, 9.17) is 23.2 Å². The largest absolute Gasteiger partial charge is 0.207 e. The number of alkyl halides is 1. The lowest BCUT2D eigenvalue weighted by molar-refractivity contribution is 0.626. The zero-order chi connectivity index (χ0) is 11.7. The highest BCUT2D eigenvalue weighted by Gasteiger charge is 2.18. The van der Waals surface area contributed by atoms with Crippen LogP contribution >= 0.6 is 57.1 Å². The van der Waals surface area contributed by atoms with Crippen LogP contribution in [0.5, 0.6) is 0 Å². The number of hydrogen-bond donors (Lipinski definition) is 0. The second-order valence-corrected chi connectivity index (χ2v) is 6.11. The number of hydrogen-bond acceptors (Lipinski definition) is 1. The van der Waals surface area contributed by atoms with Crippen LogP contribution in [0, 0.1) is 9.39 Å². The molecule has 1 aromatic carbocycles. The van der Waals surface area contributed by atoms with E-state index < -0.39 is 0 Å². The average molecular weight is 387 g/mol. The van der Waals surface area contributed by atoms with Crippen LogP contribution < -0.4 is 0 Å². The fourth-order valence-electron chi connectivity index (χ4n) is 1.33. The second-order valence-electron chi connectivity index (χ2n) is 3.16. The lowest BCUT2D eigenvalue weighted by Gasteiger charge is -2.10. The van der Waals surface area contributed by atoms with Gasteiger partial charge in [0.15, 0.2) is 0 Å². The Morgan fingerprint density at radius 1 is 1.31 bits per heavy atom. The van der Waals surface area contributed by atoms with Gasteiger partial charge in [-0.2, -0.15) is 0 Å². The van der Waals surface area contributed by atoms with Crippen molar-refractivity contribution >= 4 is 57.1 Å². The Balaban J connectivity index is 2.41. The molecule has 0 aliphatic carbocycles. The summed E-state index contributed by atoms with van der Waals surface area (Å²) in [7, 11) is 0. The molecule has 0 radical (unpaired) electrons. The van der Waals surface area contributed by atoms with Crippen molar-refractivity contribution in [2.75, 3.05) is 0 Å². The van der Waals surface area contributed by atoms with Crippen molar-refractivity contribution < 1.29 is 4.39 Å². The van der Waals surface area contributed by atoms with Crippen LogP contribution in [0.3, 0.4) is 0 Å². The Hall–Kier alpha value is 0.160. The Labute approximate surface area is 121 Å². The summed E-state index contributed by atoms with van der Waals surface area (Å²) < 4.78 is 13.8. The molecule has 16 heavy (non-hydrogen) atoms. The van der Waals surface area contributed by atoms with Crippen LogP contribution in [0.4, 0.5) is 4.39 Å². The van der Waals surface area contributed by atoms with Crippen LogP contribution in [0.2, 0.25) is 5.02 Å². The first-order chi connectivity index (χ1) is 7.59. The lowest BCUT2D eigenvalue weighted by atomic mass is 10.1. The second kappa shape index (κ2) is 5.21. The molecule has 2 aromatic rings. The molecule has 1 aromatic heterocycles. The molecule has 1 heterocycles. The molecule has 0 saturated heterocycles. The van der Waals surface area contributed by atoms with Gasteiger partial charge in [0.05, 0.1) is 10.4 Å². The predicted octanol–water partition coefficient (Wildman–Crippen LogP) is 5.47. The van der Waals surface area contributed by atoms with Gasteiger partial charge in [-0.1, -0.05) is 17.7 Å². The third-order valence-electron chi connectivity index (χ3n) is 2.11. The third kappa shape index (κ3) is 2.53. The van der Waals surface area contributed by atoms with E-state index in [1.54, 1.807) is 6.07 Å². The van der Waals surface area contributed by atoms with Crippen LogP contribution in [-0.2, 0) is 0 Å². The Kier molecular flexibility index (Phi) is 4.11. The molecule has 2 rings (SSSR count). The predicted molar refractivity (Wildman–Crippen MR) is 76.1 cm³/mol. The first-order valence-corrected chi connectivity index (χ1v) is 7.19. The highest BCUT2D eigenvalue weighted by atomic mass is 127. The van der Waals surface area contributed by atoms with E-state index in [2.05, 4.69) is 22.6 Å². The van der Waals surface area contributed by atoms with E-state index >= 15 is 0 Å². The fraction of sp³-hybridized carbons (Fsp3) is 0.0909. The maximum absolute atomic E-state index is 13.0. The van der Waals surface area contributed by atoms with Gasteiger partial charge < -0.3 is 0 Å². The maximum Gasteiger partial charge on any atom is 0.124 e. The normalized spacial score (nSPS) is 12.8. The summed E-state index contributed by atoms with van der Waals surface area (Å²) in [5, 5.41) is 2.23. The minimum Gasteiger partial charge on any atom is -0.207 e. The third-order valence-corrected chi connectivity index (χ3v) is 5.05. The number of rotatable bonds is 2. The van der Waals surface area contributed by atoms with Crippen molar-refractivity contribution in [3.8, 4) is 0 Å². The van der Waals surface area contributed by atoms with Gasteiger partial charge in [-0.05, 0) is 51.7 Å². The van der Waals surface area contributed by atoms with Crippen molar-refractivity contribution in [1.29, 1.82) is 0 Å². The van der Waals surface area contributed by atoms with Gasteiger partial charge in [0.25, 0.3) is 0 Å². The molecule has 0 bridgehead atoms. The van der Waals surface area contributed by atoms with Gasteiger partial charge >= 0.3 is 0 Å². The fourth-order valence-corrected chi connectivity index (χ4v) is 3.98. The minimum absolute atomic E-state index is 0.255. The first kappa shape index (κ1) is 12.6. The summed E-state index contributed by atoms with van der Waals surface area (Å²) in [4.78, 5) is 0.896. The molecule has 0 fully saturated rings. The molecule has 0 aliphatic rings. The summed E-state index contributed by atoms with van der Waals surface area (Å²) in [6.45, 7) is 0. The summed E-state index contributed by atoms with van der Waals surface area (Å²) in [5.41, 5.74) is 0.882. The van der Waals surface area contributed by atoms with Gasteiger partial charge in [-0.15, -0.1) is 22.9 Å². The molecule has 0 aliphatic heterocycles. The molecule has 1 unspecified atom stereocenters. The van der Waals surface area contributed by atoms with Crippen molar-refractivity contribution in [3.05, 3.63) is 54.5 Å². The maximum atomic E-state index is 13.0. The van der Waals surface area contributed by atoms with E-state index in [1.807, 2.05) is 11.4 Å². The number of benzene rings is 1. The molecule has 1 atom stereocenters. The average Bonchev–Trinajstić information content (AvgIpc) is 2.63. The first-order valence-electron chi connectivity index (χ1n) is 4.41. The summed E-state index contributed by atoms with van der Waals surface area (Å²) in [6, 6.07) is 6.39. The molecule has 0 spiro atoms. The van der Waals surface area contributed by atoms with Crippen molar-refractivity contribution in [2.45, 2.75) is 5.38 Å². The molecule has 0 saturated carbocycles. The zero-order valence-corrected chi connectivity index (χ0v) is 12.4.